The average Bonchev–Trinajstić information content (AvgIpc) is 1.36. The zero-order valence-corrected chi connectivity index (χ0v) is 4.23. The predicted octanol–water partition coefficient (Wildman–Crippen LogP) is -0.110. The van der Waals surface area contributed by atoms with Gasteiger partial charge in [0.05, 0.1) is 1.28 Å². The molecule has 0 bridgehead atoms. The van der Waals surface area contributed by atoms with Gasteiger partial charge >= 0.3 is 0 Å². The molecule has 0 aromatic heterocycles. The predicted molar refractivity (Wildman–Crippen MR) is 30.9 cm³/mol. The summed E-state index contributed by atoms with van der Waals surface area (Å²) in [6.45, 7) is -0.704. The molecule has 0 rings (SSSR count). The van der Waals surface area contributed by atoms with E-state index in [9.17, 15) is 0 Å². The molecule has 4 heavy (non-hydrogen) atoms. The highest BCUT2D eigenvalue weighted by Crippen LogP contribution is 2.13. The Hall–Kier alpha value is 0.990. The van der Waals surface area contributed by atoms with Gasteiger partial charge in [0.2, 0.25) is 0 Å². The Morgan fingerprint density at radius 3 is 3.25 bits per heavy atom. The number of hydrogen-bond donors (Lipinski definition) is 0. The third kappa shape index (κ3) is 2.99. The van der Waals surface area contributed by atoms with Gasteiger partial charge in [0.15, 0.2) is 0 Å². The fraction of sp³-hybridized carbons (Fsp3) is 0. The third-order valence-corrected chi connectivity index (χ3v) is 0.775. The quantitative estimate of drug-likeness (QED) is 0.311. The summed E-state index contributed by atoms with van der Waals surface area (Å²) in [5, 5.41) is 0. The van der Waals surface area contributed by atoms with Gasteiger partial charge in [-0.1, -0.05) is 0 Å². The summed E-state index contributed by atoms with van der Waals surface area (Å²) in [6.07, 6.45) is 0. The highest BCUT2D eigenvalue weighted by Gasteiger charge is 1.60. The molecule has 0 fully saturated rings. The molecule has 0 aliphatic heterocycles. The largest absolute Gasteiger partial charge is 0.150 e. The van der Waals surface area contributed by atoms with E-state index in [0.717, 1.165) is 0 Å². The van der Waals surface area contributed by atoms with E-state index in [2.05, 4.69) is 8.93 Å². The molecule has 0 aliphatic rings. The molecule has 4 heteroatoms. The smallest absolute Gasteiger partial charge is 0.105 e. The van der Waals surface area contributed by atoms with Crippen molar-refractivity contribution in [3.05, 3.63) is 0 Å². The van der Waals surface area contributed by atoms with Gasteiger partial charge in [-0.3, -0.25) is 0 Å². The van der Waals surface area contributed by atoms with Gasteiger partial charge in [0, 0.05) is 7.74 Å². The Morgan fingerprint density at radius 1 is 3.00 bits per heavy atom. The van der Waals surface area contributed by atoms with Crippen LogP contribution in [-0.2, 0) is 0 Å². The molecule has 2 radical (unpaired) electrons. The van der Waals surface area contributed by atoms with E-state index >= 15 is 0 Å². The topological polar surface area (TPSA) is 0 Å². The summed E-state index contributed by atoms with van der Waals surface area (Å²) in [7, 11) is 6.07. The molecule has 2 unspecified atom stereocenters. The molecule has 0 saturated heterocycles. The summed E-state index contributed by atoms with van der Waals surface area (Å²) in [4.78, 5) is 0. The fourth-order valence-electron chi connectivity index (χ4n) is 0. The molecule has 0 aromatic carbocycles. The van der Waals surface area contributed by atoms with Gasteiger partial charge in [-0.15, -0.1) is 8.93 Å². The Morgan fingerprint density at radius 2 is 3.25 bits per heavy atom. The van der Waals surface area contributed by atoms with Crippen LogP contribution in [0.25, 0.3) is 0 Å². The van der Waals surface area contributed by atoms with E-state index in [0.29, 0.717) is 0 Å². The van der Waals surface area contributed by atoms with Crippen molar-refractivity contribution < 1.29 is 0 Å². The fourth-order valence-corrected chi connectivity index (χ4v) is 0. The lowest BCUT2D eigenvalue weighted by atomic mass is 9.79. The van der Waals surface area contributed by atoms with E-state index < -0.39 is 14.9 Å². The maximum Gasteiger partial charge on any atom is 0.105 e. The average molecular weight is 90.6 g/mol. The first-order chi connectivity index (χ1) is 2.64. The second kappa shape index (κ2) is 3.99. The van der Waals surface area contributed by atoms with Gasteiger partial charge in [-0.25, -0.2) is 0 Å². The number of rotatable bonds is 1. The molecule has 0 nitrogen and oxygen atoms in total. The van der Waals surface area contributed by atoms with Crippen molar-refractivity contribution in [2.45, 2.75) is 0 Å². The number of hydrogen-bond acceptors (Lipinski definition) is 0. The van der Waals surface area contributed by atoms with Crippen molar-refractivity contribution in [2.75, 3.05) is 0 Å². The summed E-state index contributed by atoms with van der Waals surface area (Å²) >= 11 is 0. The Labute approximate surface area is 35.2 Å². The molecule has 0 amide bonds. The molecule has 0 heterocycles. The van der Waals surface area contributed by atoms with Gasteiger partial charge in [0.25, 0.3) is 0 Å². The van der Waals surface area contributed by atoms with E-state index in [1.165, 1.54) is 0 Å². The lowest BCUT2D eigenvalue weighted by Gasteiger charge is -1.66. The van der Waals surface area contributed by atoms with Crippen LogP contribution in [0.3, 0.4) is 0 Å². The lowest BCUT2D eigenvalue weighted by Crippen LogP contribution is -1.65. The first-order valence-corrected chi connectivity index (χ1v) is 3.43. The summed E-state index contributed by atoms with van der Waals surface area (Å²) in [6, 6.07) is 0. The molecule has 2 atom stereocenters. The first-order valence-electron chi connectivity index (χ1n) is 1.87. The zero-order valence-electron chi connectivity index (χ0n) is 4.18. The Bertz CT molecular complexity index is 30.5. The van der Waals surface area contributed by atoms with Gasteiger partial charge in [0.1, 0.15) is 6.85 Å². The minimum absolute atomic E-state index is 0.704. The van der Waals surface area contributed by atoms with Crippen LogP contribution in [0.1, 0.15) is 0 Å². The van der Waals surface area contributed by atoms with Gasteiger partial charge in [-0.2, -0.15) is 8.09 Å². The Balaban J connectivity index is 2.99. The van der Waals surface area contributed by atoms with Crippen molar-refractivity contribution in [1.29, 1.82) is 2.61 Å². The summed E-state index contributed by atoms with van der Waals surface area (Å²) in [5.74, 6) is 0. The van der Waals surface area contributed by atoms with Gasteiger partial charge < -0.3 is 0 Å². The minimum Gasteiger partial charge on any atom is -0.150 e. The van der Waals surface area contributed by atoms with Crippen LogP contribution in [0.5, 0.6) is 0 Å². The van der Waals surface area contributed by atoms with E-state index in [1.54, 1.807) is 0 Å². The second-order valence-corrected chi connectivity index (χ2v) is 1.79. The minimum atomic E-state index is -1.05. The van der Waals surface area contributed by atoms with Crippen molar-refractivity contribution in [2.24, 2.45) is 0 Å². The van der Waals surface area contributed by atoms with Crippen LogP contribution in [0.15, 0.2) is 0 Å². The molecule has 0 N–H and O–H groups in total. The van der Waals surface area contributed by atoms with Crippen LogP contribution in [0, 0.1) is 0 Å². The van der Waals surface area contributed by atoms with Crippen molar-refractivity contribution in [1.82, 2.24) is 0 Å². The molecule has 0 saturated carbocycles. The van der Waals surface area contributed by atoms with Crippen molar-refractivity contribution >= 4 is 31.6 Å². The standard InChI is InChI=1S/B2H4P2/c1-2-4-3/h2,4H,3H2/i2T,4D. The summed E-state index contributed by atoms with van der Waals surface area (Å²) < 4.78 is 13.4. The highest BCUT2D eigenvalue weighted by molar-refractivity contribution is 8.20. The van der Waals surface area contributed by atoms with E-state index in [4.69, 9.17) is 10.4 Å². The summed E-state index contributed by atoms with van der Waals surface area (Å²) in [5.41, 5.74) is 0. The zero-order chi connectivity index (χ0) is 5.15. The Kier molecular flexibility index (Phi) is 2.21. The molecule has 0 spiro atoms. The van der Waals surface area contributed by atoms with Crippen molar-refractivity contribution in [3.63, 3.8) is 0 Å². The molecule has 0 aromatic rings. The molecule has 20 valence electrons. The SMILES string of the molecule is [2H]P(P)B([3H])[B]. The third-order valence-electron chi connectivity index (χ3n) is 0.0861. The van der Waals surface area contributed by atoms with Crippen LogP contribution in [0.4, 0.5) is 0 Å². The maximum absolute atomic E-state index is 6.75. The van der Waals surface area contributed by atoms with Crippen LogP contribution in [0.2, 0.25) is 0 Å². The van der Waals surface area contributed by atoms with E-state index in [-0.39, 0.29) is 0 Å². The molecular formula is H4B2P2. The second-order valence-electron chi connectivity index (χ2n) is 0.298. The van der Waals surface area contributed by atoms with Crippen LogP contribution in [-0.4, -0.2) is 17.2 Å². The van der Waals surface area contributed by atoms with Gasteiger partial charge in [-0.05, 0) is 1.34 Å². The lowest BCUT2D eigenvalue weighted by molar-refractivity contribution is 4.48. The highest BCUT2D eigenvalue weighted by atomic mass is 32.0. The molecular weight excluding hydrogens is 83.6 g/mol. The van der Waals surface area contributed by atoms with Crippen LogP contribution < -0.4 is 0 Å². The maximum atomic E-state index is 6.75. The first kappa shape index (κ1) is 2.21. The molecule has 0 aliphatic carbocycles. The van der Waals surface area contributed by atoms with Crippen LogP contribution >= 0.6 is 17.0 Å². The van der Waals surface area contributed by atoms with E-state index in [1.807, 2.05) is 0 Å². The normalized spacial score (nSPS) is 21.2. The van der Waals surface area contributed by atoms with Crippen molar-refractivity contribution in [3.8, 4) is 0 Å². The monoisotopic (exact) mass is 91.0 g/mol.